The number of sulfonamides is 1. The van der Waals surface area contributed by atoms with Crippen LogP contribution in [0.5, 0.6) is 5.75 Å². The molecule has 2 saturated heterocycles. The van der Waals surface area contributed by atoms with Gasteiger partial charge in [0.25, 0.3) is 0 Å². The molecule has 0 amide bonds. The molecule has 0 aromatic carbocycles. The fourth-order valence-electron chi connectivity index (χ4n) is 3.59. The first-order chi connectivity index (χ1) is 11.2. The average molecular weight is 364 g/mol. The molecule has 2 fully saturated rings. The van der Waals surface area contributed by atoms with Crippen molar-refractivity contribution in [2.24, 2.45) is 0 Å². The number of alkyl halides is 3. The topological polar surface area (TPSA) is 59.5 Å². The number of halogens is 3. The molecule has 2 atom stereocenters. The first-order valence-corrected chi connectivity index (χ1v) is 9.50. The number of aromatic nitrogens is 1. The summed E-state index contributed by atoms with van der Waals surface area (Å²) in [7, 11) is -3.90. The number of hydrogen-bond acceptors (Lipinski definition) is 4. The maximum atomic E-state index is 12.4. The molecule has 0 saturated carbocycles. The first kappa shape index (κ1) is 17.5. The first-order valence-electron chi connectivity index (χ1n) is 7.89. The summed E-state index contributed by atoms with van der Waals surface area (Å²) in [4.78, 5) is 3.97. The number of ether oxygens (including phenoxy) is 1. The molecule has 3 heterocycles. The molecular weight excluding hydrogens is 345 g/mol. The Morgan fingerprint density at radius 3 is 2.46 bits per heavy atom. The van der Waals surface area contributed by atoms with E-state index in [1.54, 1.807) is 24.5 Å². The Bertz CT molecular complexity index is 652. The molecule has 0 aliphatic carbocycles. The SMILES string of the molecule is O=S(=O)(CCC(F)(F)F)N1C2CCC1CC(Oc1cccnc1)C2. The lowest BCUT2D eigenvalue weighted by molar-refractivity contribution is -0.130. The van der Waals surface area contributed by atoms with Gasteiger partial charge in [0, 0.05) is 31.1 Å². The Balaban J connectivity index is 1.65. The summed E-state index contributed by atoms with van der Waals surface area (Å²) in [6, 6.07) is 2.98. The van der Waals surface area contributed by atoms with E-state index in [1.165, 1.54) is 4.31 Å². The molecule has 0 spiro atoms. The van der Waals surface area contributed by atoms with E-state index in [4.69, 9.17) is 4.74 Å². The van der Waals surface area contributed by atoms with Crippen LogP contribution >= 0.6 is 0 Å². The molecule has 2 aliphatic rings. The number of hydrogen-bond donors (Lipinski definition) is 0. The summed E-state index contributed by atoms with van der Waals surface area (Å²) in [6.07, 6.45) is -0.352. The highest BCUT2D eigenvalue weighted by atomic mass is 32.2. The zero-order valence-corrected chi connectivity index (χ0v) is 13.8. The van der Waals surface area contributed by atoms with E-state index in [-0.39, 0.29) is 18.2 Å². The van der Waals surface area contributed by atoms with Crippen LogP contribution in [-0.4, -0.2) is 47.8 Å². The number of fused-ring (bicyclic) bond motifs is 2. The standard InChI is InChI=1S/C15H19F3N2O3S/c16-15(17,18)5-7-24(21,22)20-11-3-4-12(20)9-14(8-11)23-13-2-1-6-19-10-13/h1-2,6,10-12,14H,3-5,7-9H2. The minimum absolute atomic E-state index is 0.138. The van der Waals surface area contributed by atoms with Crippen molar-refractivity contribution in [2.75, 3.05) is 5.75 Å². The molecule has 1 aromatic heterocycles. The maximum absolute atomic E-state index is 12.4. The second-order valence-electron chi connectivity index (χ2n) is 6.30. The van der Waals surface area contributed by atoms with Crippen LogP contribution in [0.15, 0.2) is 24.5 Å². The van der Waals surface area contributed by atoms with Crippen LogP contribution in [0, 0.1) is 0 Å². The van der Waals surface area contributed by atoms with Gasteiger partial charge < -0.3 is 4.74 Å². The molecule has 1 aromatic rings. The highest BCUT2D eigenvalue weighted by molar-refractivity contribution is 7.89. The van der Waals surface area contributed by atoms with Crippen LogP contribution in [0.1, 0.15) is 32.1 Å². The van der Waals surface area contributed by atoms with Gasteiger partial charge in [-0.2, -0.15) is 17.5 Å². The molecule has 0 radical (unpaired) electrons. The predicted octanol–water partition coefficient (Wildman–Crippen LogP) is 2.74. The average Bonchev–Trinajstić information content (AvgIpc) is 2.79. The molecule has 0 N–H and O–H groups in total. The molecule has 5 nitrogen and oxygen atoms in total. The van der Waals surface area contributed by atoms with Gasteiger partial charge in [-0.05, 0) is 25.0 Å². The fourth-order valence-corrected chi connectivity index (χ4v) is 5.59. The Labute approximate surface area is 138 Å². The van der Waals surface area contributed by atoms with E-state index >= 15 is 0 Å². The second-order valence-corrected chi connectivity index (χ2v) is 8.29. The minimum Gasteiger partial charge on any atom is -0.489 e. The van der Waals surface area contributed by atoms with Gasteiger partial charge in [0.1, 0.15) is 11.9 Å². The quantitative estimate of drug-likeness (QED) is 0.806. The molecule has 9 heteroatoms. The molecule has 2 bridgehead atoms. The van der Waals surface area contributed by atoms with Crippen molar-refractivity contribution in [1.29, 1.82) is 0 Å². The zero-order valence-electron chi connectivity index (χ0n) is 12.9. The summed E-state index contributed by atoms with van der Waals surface area (Å²) in [5.41, 5.74) is 0. The van der Waals surface area contributed by atoms with Gasteiger partial charge in [-0.15, -0.1) is 0 Å². The van der Waals surface area contributed by atoms with E-state index in [2.05, 4.69) is 4.98 Å². The summed E-state index contributed by atoms with van der Waals surface area (Å²) < 4.78 is 68.9. The van der Waals surface area contributed by atoms with Gasteiger partial charge in [-0.25, -0.2) is 8.42 Å². The minimum atomic E-state index is -4.46. The van der Waals surface area contributed by atoms with Crippen LogP contribution in [0.2, 0.25) is 0 Å². The van der Waals surface area contributed by atoms with E-state index in [1.807, 2.05) is 0 Å². The Kier molecular flexibility index (Phi) is 4.74. The number of piperidine rings is 1. The number of nitrogens with zero attached hydrogens (tertiary/aromatic N) is 2. The van der Waals surface area contributed by atoms with E-state index in [0.717, 1.165) is 0 Å². The van der Waals surface area contributed by atoms with Crippen LogP contribution in [0.25, 0.3) is 0 Å². The van der Waals surface area contributed by atoms with Crippen molar-refractivity contribution in [2.45, 2.75) is 56.5 Å². The van der Waals surface area contributed by atoms with Gasteiger partial charge in [0.05, 0.1) is 18.4 Å². The van der Waals surface area contributed by atoms with Gasteiger partial charge >= 0.3 is 6.18 Å². The highest BCUT2D eigenvalue weighted by Crippen LogP contribution is 2.39. The molecule has 24 heavy (non-hydrogen) atoms. The zero-order chi connectivity index (χ0) is 17.4. The van der Waals surface area contributed by atoms with Crippen LogP contribution < -0.4 is 4.74 Å². The van der Waals surface area contributed by atoms with Crippen LogP contribution in [0.4, 0.5) is 13.2 Å². The summed E-state index contributed by atoms with van der Waals surface area (Å²) in [5.74, 6) is -0.257. The Hall–Kier alpha value is -1.35. The molecule has 2 unspecified atom stereocenters. The normalized spacial score (nSPS) is 28.0. The van der Waals surface area contributed by atoms with Crippen molar-refractivity contribution in [3.05, 3.63) is 24.5 Å². The summed E-state index contributed by atoms with van der Waals surface area (Å²) >= 11 is 0. The van der Waals surface area contributed by atoms with Gasteiger partial charge in [0.2, 0.25) is 10.0 Å². The Morgan fingerprint density at radius 2 is 1.92 bits per heavy atom. The third-order valence-corrected chi connectivity index (χ3v) is 6.48. The van der Waals surface area contributed by atoms with Crippen molar-refractivity contribution < 1.29 is 26.3 Å². The summed E-state index contributed by atoms with van der Waals surface area (Å²) in [6.45, 7) is 0. The van der Waals surface area contributed by atoms with Crippen LogP contribution in [-0.2, 0) is 10.0 Å². The largest absolute Gasteiger partial charge is 0.489 e. The van der Waals surface area contributed by atoms with E-state index in [9.17, 15) is 21.6 Å². The van der Waals surface area contributed by atoms with Crippen molar-refractivity contribution in [1.82, 2.24) is 9.29 Å². The van der Waals surface area contributed by atoms with Crippen molar-refractivity contribution in [3.8, 4) is 5.75 Å². The lowest BCUT2D eigenvalue weighted by Gasteiger charge is -2.37. The summed E-state index contributed by atoms with van der Waals surface area (Å²) in [5, 5.41) is 0. The third-order valence-electron chi connectivity index (χ3n) is 4.52. The predicted molar refractivity (Wildman–Crippen MR) is 81.0 cm³/mol. The fraction of sp³-hybridized carbons (Fsp3) is 0.667. The monoisotopic (exact) mass is 364 g/mol. The van der Waals surface area contributed by atoms with Gasteiger partial charge in [-0.3, -0.25) is 4.98 Å². The molecular formula is C15H19F3N2O3S. The van der Waals surface area contributed by atoms with Crippen LogP contribution in [0.3, 0.4) is 0 Å². The smallest absolute Gasteiger partial charge is 0.390 e. The van der Waals surface area contributed by atoms with Crippen molar-refractivity contribution >= 4 is 10.0 Å². The second kappa shape index (κ2) is 6.51. The maximum Gasteiger partial charge on any atom is 0.390 e. The molecule has 3 rings (SSSR count). The third kappa shape index (κ3) is 4.00. The van der Waals surface area contributed by atoms with Gasteiger partial charge in [-0.1, -0.05) is 0 Å². The number of rotatable bonds is 5. The lowest BCUT2D eigenvalue weighted by Crippen LogP contribution is -2.50. The number of pyridine rings is 1. The Morgan fingerprint density at radius 1 is 1.25 bits per heavy atom. The van der Waals surface area contributed by atoms with E-state index in [0.29, 0.717) is 31.4 Å². The molecule has 134 valence electrons. The molecule has 2 aliphatic heterocycles. The highest BCUT2D eigenvalue weighted by Gasteiger charge is 2.48. The lowest BCUT2D eigenvalue weighted by atomic mass is 10.0. The van der Waals surface area contributed by atoms with E-state index < -0.39 is 28.4 Å². The van der Waals surface area contributed by atoms with Gasteiger partial charge in [0.15, 0.2) is 0 Å². The van der Waals surface area contributed by atoms with Crippen molar-refractivity contribution in [3.63, 3.8) is 0 Å².